The SMILES string of the molecule is COc1ccccc1Oc1ccc(N2Cc3ncccc3C2=O)cn1. The molecule has 0 aliphatic carbocycles. The molecule has 25 heavy (non-hydrogen) atoms. The van der Waals surface area contributed by atoms with E-state index in [4.69, 9.17) is 9.47 Å². The summed E-state index contributed by atoms with van der Waals surface area (Å²) in [6, 6.07) is 14.4. The van der Waals surface area contributed by atoms with Crippen molar-refractivity contribution in [1.29, 1.82) is 0 Å². The van der Waals surface area contributed by atoms with Gasteiger partial charge in [-0.25, -0.2) is 4.98 Å². The van der Waals surface area contributed by atoms with Gasteiger partial charge in [-0.3, -0.25) is 9.78 Å². The number of hydrogen-bond acceptors (Lipinski definition) is 5. The zero-order chi connectivity index (χ0) is 17.2. The third kappa shape index (κ3) is 2.78. The van der Waals surface area contributed by atoms with Gasteiger partial charge in [-0.2, -0.15) is 0 Å². The standard InChI is InChI=1S/C19H15N3O3/c1-24-16-6-2-3-7-17(16)25-18-9-8-13(11-21-18)22-12-15-14(19(22)23)5-4-10-20-15/h2-11H,12H2,1H3. The van der Waals surface area contributed by atoms with E-state index < -0.39 is 0 Å². The average molecular weight is 333 g/mol. The molecule has 1 aromatic carbocycles. The predicted octanol–water partition coefficient (Wildman–Crippen LogP) is 3.44. The quantitative estimate of drug-likeness (QED) is 0.732. The molecule has 2 aromatic heterocycles. The van der Waals surface area contributed by atoms with Gasteiger partial charge in [0.05, 0.1) is 36.8 Å². The average Bonchev–Trinajstić information content (AvgIpc) is 3.00. The van der Waals surface area contributed by atoms with Gasteiger partial charge in [0.1, 0.15) is 0 Å². The van der Waals surface area contributed by atoms with E-state index in [0.717, 1.165) is 5.69 Å². The number of carbonyl (C=O) groups is 1. The molecule has 4 rings (SSSR count). The van der Waals surface area contributed by atoms with Gasteiger partial charge in [-0.05, 0) is 30.3 Å². The van der Waals surface area contributed by atoms with E-state index in [9.17, 15) is 4.79 Å². The van der Waals surface area contributed by atoms with Gasteiger partial charge in [-0.1, -0.05) is 12.1 Å². The van der Waals surface area contributed by atoms with Crippen molar-refractivity contribution in [2.24, 2.45) is 0 Å². The van der Waals surface area contributed by atoms with Gasteiger partial charge >= 0.3 is 0 Å². The number of fused-ring (bicyclic) bond motifs is 1. The van der Waals surface area contributed by atoms with E-state index in [-0.39, 0.29) is 5.91 Å². The summed E-state index contributed by atoms with van der Waals surface area (Å²) in [6.07, 6.45) is 3.31. The maximum absolute atomic E-state index is 12.5. The minimum absolute atomic E-state index is 0.0664. The van der Waals surface area contributed by atoms with E-state index in [2.05, 4.69) is 9.97 Å². The lowest BCUT2D eigenvalue weighted by Gasteiger charge is -2.15. The lowest BCUT2D eigenvalue weighted by molar-refractivity contribution is 0.0996. The number of anilines is 1. The van der Waals surface area contributed by atoms with Gasteiger partial charge in [0.15, 0.2) is 11.5 Å². The molecule has 0 radical (unpaired) electrons. The topological polar surface area (TPSA) is 64.6 Å². The van der Waals surface area contributed by atoms with Gasteiger partial charge in [0.25, 0.3) is 5.91 Å². The normalized spacial score (nSPS) is 12.8. The van der Waals surface area contributed by atoms with Crippen molar-refractivity contribution in [3.05, 3.63) is 72.2 Å². The fourth-order valence-electron chi connectivity index (χ4n) is 2.74. The summed E-state index contributed by atoms with van der Waals surface area (Å²) >= 11 is 0. The minimum atomic E-state index is -0.0664. The Morgan fingerprint density at radius 1 is 1.00 bits per heavy atom. The Morgan fingerprint density at radius 3 is 2.56 bits per heavy atom. The molecule has 0 fully saturated rings. The van der Waals surface area contributed by atoms with Crippen LogP contribution in [-0.2, 0) is 6.54 Å². The summed E-state index contributed by atoms with van der Waals surface area (Å²) in [5, 5.41) is 0. The highest BCUT2D eigenvalue weighted by Crippen LogP contribution is 2.31. The van der Waals surface area contributed by atoms with Crippen molar-refractivity contribution in [2.75, 3.05) is 12.0 Å². The second-order valence-electron chi connectivity index (χ2n) is 5.50. The summed E-state index contributed by atoms with van der Waals surface area (Å²) < 4.78 is 11.0. The monoisotopic (exact) mass is 333 g/mol. The fourth-order valence-corrected chi connectivity index (χ4v) is 2.74. The minimum Gasteiger partial charge on any atom is -0.493 e. The first-order valence-corrected chi connectivity index (χ1v) is 7.79. The molecule has 124 valence electrons. The largest absolute Gasteiger partial charge is 0.493 e. The molecule has 0 spiro atoms. The molecule has 0 unspecified atom stereocenters. The third-order valence-corrected chi connectivity index (χ3v) is 3.99. The molecule has 0 saturated heterocycles. The molecule has 3 aromatic rings. The van der Waals surface area contributed by atoms with E-state index >= 15 is 0 Å². The van der Waals surface area contributed by atoms with Crippen LogP contribution in [0.15, 0.2) is 60.9 Å². The fraction of sp³-hybridized carbons (Fsp3) is 0.105. The molecule has 1 aliphatic heterocycles. The lowest BCUT2D eigenvalue weighted by Crippen LogP contribution is -2.23. The van der Waals surface area contributed by atoms with Crippen molar-refractivity contribution < 1.29 is 14.3 Å². The summed E-state index contributed by atoms with van der Waals surface area (Å²) in [7, 11) is 1.59. The summed E-state index contributed by atoms with van der Waals surface area (Å²) in [5.74, 6) is 1.57. The van der Waals surface area contributed by atoms with Gasteiger partial charge in [0, 0.05) is 12.3 Å². The smallest absolute Gasteiger partial charge is 0.260 e. The number of rotatable bonds is 4. The van der Waals surface area contributed by atoms with Crippen molar-refractivity contribution in [1.82, 2.24) is 9.97 Å². The number of carbonyl (C=O) groups excluding carboxylic acids is 1. The predicted molar refractivity (Wildman–Crippen MR) is 92.1 cm³/mol. The van der Waals surface area contributed by atoms with Crippen molar-refractivity contribution >= 4 is 11.6 Å². The van der Waals surface area contributed by atoms with Crippen LogP contribution >= 0.6 is 0 Å². The summed E-state index contributed by atoms with van der Waals surface area (Å²) in [5.41, 5.74) is 2.12. The first-order valence-electron chi connectivity index (χ1n) is 7.79. The molecular weight excluding hydrogens is 318 g/mol. The molecule has 3 heterocycles. The number of methoxy groups -OCH3 is 1. The lowest BCUT2D eigenvalue weighted by atomic mass is 10.2. The van der Waals surface area contributed by atoms with Crippen LogP contribution in [0.1, 0.15) is 16.1 Å². The number of hydrogen-bond donors (Lipinski definition) is 0. The first kappa shape index (κ1) is 15.1. The van der Waals surface area contributed by atoms with Crippen LogP contribution in [0.25, 0.3) is 0 Å². The highest BCUT2D eigenvalue weighted by molar-refractivity contribution is 6.09. The Labute approximate surface area is 144 Å². The number of ether oxygens (including phenoxy) is 2. The molecule has 1 amide bonds. The molecule has 0 saturated carbocycles. The number of amides is 1. The second kappa shape index (κ2) is 6.24. The molecule has 0 bridgehead atoms. The van der Waals surface area contributed by atoms with E-state index in [1.54, 1.807) is 48.7 Å². The molecule has 0 N–H and O–H groups in total. The van der Waals surface area contributed by atoms with Crippen molar-refractivity contribution in [3.63, 3.8) is 0 Å². The maximum Gasteiger partial charge on any atom is 0.260 e. The zero-order valence-electron chi connectivity index (χ0n) is 13.5. The highest BCUT2D eigenvalue weighted by Gasteiger charge is 2.29. The number of nitrogens with zero attached hydrogens (tertiary/aromatic N) is 3. The second-order valence-corrected chi connectivity index (χ2v) is 5.50. The number of aromatic nitrogens is 2. The van der Waals surface area contributed by atoms with Gasteiger partial charge in [0.2, 0.25) is 5.88 Å². The third-order valence-electron chi connectivity index (χ3n) is 3.99. The number of benzene rings is 1. The van der Waals surface area contributed by atoms with Crippen LogP contribution in [-0.4, -0.2) is 23.0 Å². The molecule has 6 heteroatoms. The molecule has 0 atom stereocenters. The highest BCUT2D eigenvalue weighted by atomic mass is 16.5. The van der Waals surface area contributed by atoms with Crippen LogP contribution in [0.5, 0.6) is 17.4 Å². The Bertz CT molecular complexity index is 925. The van der Waals surface area contributed by atoms with E-state index in [1.165, 1.54) is 0 Å². The van der Waals surface area contributed by atoms with Crippen LogP contribution in [0, 0.1) is 0 Å². The van der Waals surface area contributed by atoms with Crippen LogP contribution in [0.3, 0.4) is 0 Å². The Kier molecular flexibility index (Phi) is 3.78. The summed E-state index contributed by atoms with van der Waals surface area (Å²) in [4.78, 5) is 22.7. The molecular formula is C19H15N3O3. The van der Waals surface area contributed by atoms with E-state index in [0.29, 0.717) is 35.2 Å². The van der Waals surface area contributed by atoms with Crippen molar-refractivity contribution in [3.8, 4) is 17.4 Å². The molecule has 1 aliphatic rings. The van der Waals surface area contributed by atoms with Crippen LogP contribution in [0.4, 0.5) is 5.69 Å². The maximum atomic E-state index is 12.5. The van der Waals surface area contributed by atoms with Crippen LogP contribution in [0.2, 0.25) is 0 Å². The number of para-hydroxylation sites is 2. The number of pyridine rings is 2. The Balaban J connectivity index is 1.54. The summed E-state index contributed by atoms with van der Waals surface area (Å²) in [6.45, 7) is 0.448. The van der Waals surface area contributed by atoms with Gasteiger partial charge < -0.3 is 14.4 Å². The van der Waals surface area contributed by atoms with Crippen LogP contribution < -0.4 is 14.4 Å². The van der Waals surface area contributed by atoms with Crippen molar-refractivity contribution in [2.45, 2.75) is 6.54 Å². The zero-order valence-corrected chi connectivity index (χ0v) is 13.5. The Morgan fingerprint density at radius 2 is 1.84 bits per heavy atom. The van der Waals surface area contributed by atoms with E-state index in [1.807, 2.05) is 24.3 Å². The Hall–Kier alpha value is -3.41. The first-order chi connectivity index (χ1) is 12.3. The molecule has 6 nitrogen and oxygen atoms in total. The van der Waals surface area contributed by atoms with Gasteiger partial charge in [-0.15, -0.1) is 0 Å².